The molecule has 0 aliphatic rings. The summed E-state index contributed by atoms with van der Waals surface area (Å²) in [6.45, 7) is 4.31. The van der Waals surface area contributed by atoms with Crippen LogP contribution in [0.3, 0.4) is 0 Å². The third-order valence-electron chi connectivity index (χ3n) is 3.72. The molecule has 0 spiro atoms. The van der Waals surface area contributed by atoms with Crippen molar-refractivity contribution in [2.24, 2.45) is 0 Å². The van der Waals surface area contributed by atoms with E-state index >= 15 is 0 Å². The smallest absolute Gasteiger partial charge is 0.251 e. The first-order chi connectivity index (χ1) is 11.5. The fourth-order valence-corrected chi connectivity index (χ4v) is 2.26. The predicted octanol–water partition coefficient (Wildman–Crippen LogP) is 2.47. The molecule has 0 saturated heterocycles. The molecule has 1 unspecified atom stereocenters. The van der Waals surface area contributed by atoms with Crippen molar-refractivity contribution >= 4 is 17.5 Å². The van der Waals surface area contributed by atoms with Crippen LogP contribution in [0.5, 0.6) is 0 Å². The standard InChI is InChI=1S/C19H23N3O2/c1-13-7-9-15(10-8-13)12-21-18(23)14(2)22-17-6-4-5-16(11-17)19(24)20-3/h4-11,14,22H,12H2,1-3H3,(H,20,24)(H,21,23). The summed E-state index contributed by atoms with van der Waals surface area (Å²) in [5, 5.41) is 8.60. The lowest BCUT2D eigenvalue weighted by atomic mass is 10.1. The molecule has 0 bridgehead atoms. The van der Waals surface area contributed by atoms with Crippen molar-refractivity contribution in [3.05, 3.63) is 65.2 Å². The summed E-state index contributed by atoms with van der Waals surface area (Å²) < 4.78 is 0. The van der Waals surface area contributed by atoms with Gasteiger partial charge in [-0.25, -0.2) is 0 Å². The Morgan fingerprint density at radius 1 is 1.08 bits per heavy atom. The van der Waals surface area contributed by atoms with Gasteiger partial charge in [0, 0.05) is 24.8 Å². The monoisotopic (exact) mass is 325 g/mol. The van der Waals surface area contributed by atoms with Crippen LogP contribution in [0.15, 0.2) is 48.5 Å². The van der Waals surface area contributed by atoms with Gasteiger partial charge in [-0.3, -0.25) is 9.59 Å². The van der Waals surface area contributed by atoms with Crippen molar-refractivity contribution in [1.82, 2.24) is 10.6 Å². The Kier molecular flexibility index (Phi) is 5.95. The van der Waals surface area contributed by atoms with E-state index in [4.69, 9.17) is 0 Å². The first-order valence-corrected chi connectivity index (χ1v) is 7.91. The fourth-order valence-electron chi connectivity index (χ4n) is 2.26. The van der Waals surface area contributed by atoms with Gasteiger partial charge in [0.1, 0.15) is 6.04 Å². The molecule has 0 aliphatic carbocycles. The highest BCUT2D eigenvalue weighted by Crippen LogP contribution is 2.12. The molecule has 2 aromatic rings. The average Bonchev–Trinajstić information content (AvgIpc) is 2.60. The van der Waals surface area contributed by atoms with Gasteiger partial charge in [0.05, 0.1) is 0 Å². The van der Waals surface area contributed by atoms with E-state index in [0.29, 0.717) is 12.1 Å². The van der Waals surface area contributed by atoms with Gasteiger partial charge >= 0.3 is 0 Å². The summed E-state index contributed by atoms with van der Waals surface area (Å²) in [7, 11) is 1.59. The fraction of sp³-hybridized carbons (Fsp3) is 0.263. The molecular weight excluding hydrogens is 302 g/mol. The third kappa shape index (κ3) is 4.84. The summed E-state index contributed by atoms with van der Waals surface area (Å²) >= 11 is 0. The number of rotatable bonds is 6. The third-order valence-corrected chi connectivity index (χ3v) is 3.72. The van der Waals surface area contributed by atoms with Gasteiger partial charge in [0.15, 0.2) is 0 Å². The van der Waals surface area contributed by atoms with E-state index in [2.05, 4.69) is 16.0 Å². The van der Waals surface area contributed by atoms with E-state index in [9.17, 15) is 9.59 Å². The normalized spacial score (nSPS) is 11.5. The van der Waals surface area contributed by atoms with Crippen LogP contribution in [-0.4, -0.2) is 24.9 Å². The second kappa shape index (κ2) is 8.15. The first-order valence-electron chi connectivity index (χ1n) is 7.91. The molecule has 5 nitrogen and oxygen atoms in total. The molecule has 0 radical (unpaired) electrons. The molecule has 0 saturated carbocycles. The molecular formula is C19H23N3O2. The van der Waals surface area contributed by atoms with Gasteiger partial charge in [-0.1, -0.05) is 35.9 Å². The molecule has 1 atom stereocenters. The van der Waals surface area contributed by atoms with Crippen molar-refractivity contribution in [1.29, 1.82) is 0 Å². The highest BCUT2D eigenvalue weighted by Gasteiger charge is 2.13. The second-order valence-corrected chi connectivity index (χ2v) is 5.73. The molecule has 2 rings (SSSR count). The van der Waals surface area contributed by atoms with Gasteiger partial charge in [-0.15, -0.1) is 0 Å². The summed E-state index contributed by atoms with van der Waals surface area (Å²) in [4.78, 5) is 23.9. The highest BCUT2D eigenvalue weighted by molar-refractivity contribution is 5.95. The summed E-state index contributed by atoms with van der Waals surface area (Å²) in [6, 6.07) is 14.7. The van der Waals surface area contributed by atoms with Crippen LogP contribution in [0, 0.1) is 6.92 Å². The topological polar surface area (TPSA) is 70.2 Å². The molecule has 24 heavy (non-hydrogen) atoms. The number of anilines is 1. The number of aryl methyl sites for hydroxylation is 1. The Hall–Kier alpha value is -2.82. The van der Waals surface area contributed by atoms with E-state index in [1.165, 1.54) is 5.56 Å². The average molecular weight is 325 g/mol. The van der Waals surface area contributed by atoms with Crippen LogP contribution in [-0.2, 0) is 11.3 Å². The van der Waals surface area contributed by atoms with Crippen LogP contribution in [0.1, 0.15) is 28.4 Å². The van der Waals surface area contributed by atoms with E-state index in [-0.39, 0.29) is 11.8 Å². The number of hydrogen-bond acceptors (Lipinski definition) is 3. The van der Waals surface area contributed by atoms with Gasteiger partial charge < -0.3 is 16.0 Å². The molecule has 2 aromatic carbocycles. The number of carbonyl (C=O) groups is 2. The van der Waals surface area contributed by atoms with Gasteiger partial charge in [-0.05, 0) is 37.6 Å². The Labute approximate surface area is 142 Å². The molecule has 0 aliphatic heterocycles. The van der Waals surface area contributed by atoms with Crippen molar-refractivity contribution in [2.75, 3.05) is 12.4 Å². The summed E-state index contributed by atoms with van der Waals surface area (Å²) in [5.41, 5.74) is 3.53. The van der Waals surface area contributed by atoms with E-state index in [0.717, 1.165) is 11.3 Å². The Bertz CT molecular complexity index is 711. The zero-order valence-electron chi connectivity index (χ0n) is 14.2. The summed E-state index contributed by atoms with van der Waals surface area (Å²) in [5.74, 6) is -0.254. The van der Waals surface area contributed by atoms with Crippen molar-refractivity contribution in [3.63, 3.8) is 0 Å². The summed E-state index contributed by atoms with van der Waals surface area (Å²) in [6.07, 6.45) is 0. The lowest BCUT2D eigenvalue weighted by Gasteiger charge is -2.16. The van der Waals surface area contributed by atoms with Crippen LogP contribution < -0.4 is 16.0 Å². The van der Waals surface area contributed by atoms with Gasteiger partial charge in [0.25, 0.3) is 5.91 Å². The highest BCUT2D eigenvalue weighted by atomic mass is 16.2. The Balaban J connectivity index is 1.91. The van der Waals surface area contributed by atoms with E-state index in [1.54, 1.807) is 32.2 Å². The van der Waals surface area contributed by atoms with Crippen molar-refractivity contribution in [2.45, 2.75) is 26.4 Å². The zero-order valence-corrected chi connectivity index (χ0v) is 14.2. The number of hydrogen-bond donors (Lipinski definition) is 3. The minimum atomic E-state index is -0.407. The molecule has 0 heterocycles. The maximum Gasteiger partial charge on any atom is 0.251 e. The number of amides is 2. The predicted molar refractivity (Wildman–Crippen MR) is 95.9 cm³/mol. The first kappa shape index (κ1) is 17.5. The number of benzene rings is 2. The Morgan fingerprint density at radius 3 is 2.46 bits per heavy atom. The largest absolute Gasteiger partial charge is 0.374 e. The van der Waals surface area contributed by atoms with Gasteiger partial charge in [0.2, 0.25) is 5.91 Å². The maximum atomic E-state index is 12.2. The molecule has 126 valence electrons. The second-order valence-electron chi connectivity index (χ2n) is 5.73. The van der Waals surface area contributed by atoms with Crippen LogP contribution in [0.25, 0.3) is 0 Å². The minimum Gasteiger partial charge on any atom is -0.374 e. The maximum absolute atomic E-state index is 12.2. The molecule has 3 N–H and O–H groups in total. The van der Waals surface area contributed by atoms with Crippen molar-refractivity contribution < 1.29 is 9.59 Å². The van der Waals surface area contributed by atoms with Crippen molar-refractivity contribution in [3.8, 4) is 0 Å². The van der Waals surface area contributed by atoms with Crippen LogP contribution >= 0.6 is 0 Å². The molecule has 5 heteroatoms. The minimum absolute atomic E-state index is 0.0964. The quantitative estimate of drug-likeness (QED) is 0.764. The van der Waals surface area contributed by atoms with E-state index in [1.807, 2.05) is 37.3 Å². The molecule has 0 fully saturated rings. The SMILES string of the molecule is CNC(=O)c1cccc(NC(C)C(=O)NCc2ccc(C)cc2)c1. The Morgan fingerprint density at radius 2 is 1.79 bits per heavy atom. The lowest BCUT2D eigenvalue weighted by Crippen LogP contribution is -2.37. The van der Waals surface area contributed by atoms with Gasteiger partial charge in [-0.2, -0.15) is 0 Å². The molecule has 0 aromatic heterocycles. The zero-order chi connectivity index (χ0) is 17.5. The van der Waals surface area contributed by atoms with E-state index < -0.39 is 6.04 Å². The van der Waals surface area contributed by atoms with Crippen LogP contribution in [0.4, 0.5) is 5.69 Å². The lowest BCUT2D eigenvalue weighted by molar-refractivity contribution is -0.121. The number of nitrogens with one attached hydrogen (secondary N) is 3. The van der Waals surface area contributed by atoms with Crippen LogP contribution in [0.2, 0.25) is 0 Å². The number of carbonyl (C=O) groups excluding carboxylic acids is 2. The molecule has 2 amide bonds.